The van der Waals surface area contributed by atoms with Crippen molar-refractivity contribution in [1.29, 1.82) is 0 Å². The fraction of sp³-hybridized carbons (Fsp3) is 0.297. The number of halogens is 2. The van der Waals surface area contributed by atoms with Crippen LogP contribution in [0.25, 0.3) is 0 Å². The molecule has 1 N–H and O–H groups in total. The molecule has 0 amide bonds. The Balaban J connectivity index is 1.61. The van der Waals surface area contributed by atoms with Gasteiger partial charge in [0.05, 0.1) is 31.4 Å². The molecule has 266 valence electrons. The van der Waals surface area contributed by atoms with Crippen molar-refractivity contribution in [2.75, 3.05) is 31.7 Å². The lowest BCUT2D eigenvalue weighted by molar-refractivity contribution is 0.0692. The zero-order valence-electron chi connectivity index (χ0n) is 29.1. The number of carbonyl (C=O) groups excluding carboxylic acids is 1. The summed E-state index contributed by atoms with van der Waals surface area (Å²) in [5, 5.41) is 9.76. The smallest absolute Gasteiger partial charge is 0.347 e. The summed E-state index contributed by atoms with van der Waals surface area (Å²) < 4.78 is 78.7. The van der Waals surface area contributed by atoms with E-state index in [1.807, 2.05) is 0 Å². The van der Waals surface area contributed by atoms with Gasteiger partial charge in [-0.3, -0.25) is 4.31 Å². The summed E-state index contributed by atoms with van der Waals surface area (Å²) in [5.41, 5.74) is 3.20. The van der Waals surface area contributed by atoms with E-state index in [9.17, 15) is 31.9 Å². The van der Waals surface area contributed by atoms with Crippen molar-refractivity contribution in [1.82, 2.24) is 0 Å². The molecule has 0 saturated carbocycles. The van der Waals surface area contributed by atoms with Crippen LogP contribution in [0.15, 0.2) is 53.4 Å². The molecule has 0 spiro atoms. The van der Waals surface area contributed by atoms with Crippen molar-refractivity contribution in [3.8, 4) is 23.0 Å². The first-order valence-electron chi connectivity index (χ1n) is 15.5. The quantitative estimate of drug-likeness (QED) is 0.0856. The number of aromatic carboxylic acids is 1. The van der Waals surface area contributed by atoms with Gasteiger partial charge in [-0.1, -0.05) is 0 Å². The van der Waals surface area contributed by atoms with Crippen LogP contribution < -0.4 is 23.3 Å². The highest BCUT2D eigenvalue weighted by Gasteiger charge is 2.30. The third kappa shape index (κ3) is 7.23. The number of carboxylic acids is 1. The van der Waals surface area contributed by atoms with E-state index in [0.717, 1.165) is 40.7 Å². The highest BCUT2D eigenvalue weighted by Crippen LogP contribution is 2.42. The Morgan fingerprint density at radius 1 is 0.680 bits per heavy atom. The third-order valence-corrected chi connectivity index (χ3v) is 10.5. The van der Waals surface area contributed by atoms with Crippen LogP contribution in [0.1, 0.15) is 60.5 Å². The fourth-order valence-electron chi connectivity index (χ4n) is 5.84. The number of rotatable bonds is 13. The van der Waals surface area contributed by atoms with E-state index in [1.54, 1.807) is 41.5 Å². The number of nitrogens with zero attached hydrogens (tertiary/aromatic N) is 1. The maximum Gasteiger partial charge on any atom is 0.347 e. The minimum atomic E-state index is -4.14. The lowest BCUT2D eigenvalue weighted by Crippen LogP contribution is -2.33. The predicted molar refractivity (Wildman–Crippen MR) is 184 cm³/mol. The van der Waals surface area contributed by atoms with Gasteiger partial charge in [0, 0.05) is 24.1 Å². The van der Waals surface area contributed by atoms with Crippen molar-refractivity contribution >= 4 is 27.6 Å². The van der Waals surface area contributed by atoms with E-state index < -0.39 is 33.6 Å². The molecule has 0 heterocycles. The minimum Gasteiger partial charge on any atom is -0.495 e. The molecule has 0 unspecified atom stereocenters. The van der Waals surface area contributed by atoms with Crippen LogP contribution in [0, 0.1) is 53.2 Å². The molecule has 4 rings (SSSR count). The van der Waals surface area contributed by atoms with Gasteiger partial charge in [-0.2, -0.15) is 0 Å². The summed E-state index contributed by atoms with van der Waals surface area (Å²) in [5.74, 6) is -2.11. The fourth-order valence-corrected chi connectivity index (χ4v) is 7.34. The zero-order valence-corrected chi connectivity index (χ0v) is 29.9. The first-order valence-corrected chi connectivity index (χ1v) is 17.0. The Kier molecular flexibility index (Phi) is 11.4. The largest absolute Gasteiger partial charge is 0.495 e. The minimum absolute atomic E-state index is 0.0157. The summed E-state index contributed by atoms with van der Waals surface area (Å²) in [6.45, 7) is 10.1. The van der Waals surface area contributed by atoms with E-state index in [0.29, 0.717) is 39.1 Å². The second-order valence-electron chi connectivity index (χ2n) is 11.6. The number of hydrogen-bond acceptors (Lipinski definition) is 8. The number of ether oxygens (including phenoxy) is 4. The molecule has 0 saturated heterocycles. The molecule has 0 fully saturated rings. The highest BCUT2D eigenvalue weighted by molar-refractivity contribution is 7.92. The molecular weight excluding hydrogens is 672 g/mol. The van der Waals surface area contributed by atoms with Gasteiger partial charge in [0.15, 0.2) is 0 Å². The van der Waals surface area contributed by atoms with E-state index >= 15 is 0 Å². The highest BCUT2D eigenvalue weighted by atomic mass is 32.2. The molecule has 0 radical (unpaired) electrons. The van der Waals surface area contributed by atoms with Crippen LogP contribution >= 0.6 is 0 Å². The second-order valence-corrected chi connectivity index (χ2v) is 13.5. The maximum absolute atomic E-state index is 13.8. The van der Waals surface area contributed by atoms with Crippen molar-refractivity contribution in [3.05, 3.63) is 105 Å². The Labute approximate surface area is 290 Å². The van der Waals surface area contributed by atoms with Crippen LogP contribution in [0.4, 0.5) is 14.5 Å². The SMILES string of the molecule is COc1c(C)c(OC(=O)c2c(C)c(C)c(OCCCN(c3ccc(F)cc3)S(=O)(=O)c3ccc(F)cc3)c(C)c2OC)c(C)c(C)c1C(=O)O. The monoisotopic (exact) mass is 711 g/mol. The number of sulfonamides is 1. The number of carbonyl (C=O) groups is 2. The molecule has 0 aliphatic rings. The Morgan fingerprint density at radius 2 is 1.16 bits per heavy atom. The van der Waals surface area contributed by atoms with Crippen molar-refractivity contribution in [2.24, 2.45) is 0 Å². The number of carboxylic acid groups (broad SMARTS) is 1. The van der Waals surface area contributed by atoms with Gasteiger partial charge in [0.1, 0.15) is 45.8 Å². The topological polar surface area (TPSA) is 129 Å². The van der Waals surface area contributed by atoms with Gasteiger partial charge < -0.3 is 24.1 Å². The van der Waals surface area contributed by atoms with Crippen molar-refractivity contribution < 1.29 is 50.8 Å². The molecule has 13 heteroatoms. The van der Waals surface area contributed by atoms with Gasteiger partial charge >= 0.3 is 11.9 Å². The Morgan fingerprint density at radius 3 is 1.70 bits per heavy atom. The number of esters is 1. The van der Waals surface area contributed by atoms with E-state index in [1.165, 1.54) is 26.4 Å². The Hall–Kier alpha value is -5.17. The standard InChI is InChI=1S/C37H39F2NO9S/c1-20-23(4)33(25(6)34(46-7)30(20)36(41)42)49-37(43)31-21(2)22(3)32(24(5)35(31)47-8)48-19-9-18-40(28-14-10-26(38)11-15-28)50(44,45)29-16-12-27(39)13-17-29/h10-17H,9,18-19H2,1-8H3,(H,41,42). The van der Waals surface area contributed by atoms with Crippen LogP contribution in [0.5, 0.6) is 23.0 Å². The molecular formula is C37H39F2NO9S. The molecule has 0 aromatic heterocycles. The van der Waals surface area contributed by atoms with Gasteiger partial charge in [-0.25, -0.2) is 26.8 Å². The number of benzene rings is 4. The Bertz CT molecular complexity index is 2050. The molecule has 0 atom stereocenters. The van der Waals surface area contributed by atoms with E-state index in [-0.39, 0.29) is 58.5 Å². The lowest BCUT2D eigenvalue weighted by atomic mass is 9.96. The first-order chi connectivity index (χ1) is 23.6. The molecule has 0 aliphatic carbocycles. The van der Waals surface area contributed by atoms with Crippen molar-refractivity contribution in [2.45, 2.75) is 52.9 Å². The summed E-state index contributed by atoms with van der Waals surface area (Å²) in [6.07, 6.45) is 0.202. The normalized spacial score (nSPS) is 11.2. The molecule has 10 nitrogen and oxygen atoms in total. The number of methoxy groups -OCH3 is 2. The van der Waals surface area contributed by atoms with Gasteiger partial charge in [-0.05, 0) is 112 Å². The van der Waals surface area contributed by atoms with Crippen LogP contribution in [-0.4, -0.2) is 52.8 Å². The van der Waals surface area contributed by atoms with Gasteiger partial charge in [0.25, 0.3) is 10.0 Å². The molecule has 4 aromatic rings. The lowest BCUT2D eigenvalue weighted by Gasteiger charge is -2.25. The first kappa shape index (κ1) is 37.6. The summed E-state index contributed by atoms with van der Waals surface area (Å²) in [6, 6.07) is 9.42. The zero-order chi connectivity index (χ0) is 37.1. The van der Waals surface area contributed by atoms with Crippen LogP contribution in [-0.2, 0) is 10.0 Å². The van der Waals surface area contributed by atoms with E-state index in [2.05, 4.69) is 0 Å². The predicted octanol–water partition coefficient (Wildman–Crippen LogP) is 7.41. The third-order valence-electron chi connectivity index (χ3n) is 8.66. The summed E-state index contributed by atoms with van der Waals surface area (Å²) in [4.78, 5) is 25.6. The second kappa shape index (κ2) is 15.2. The molecule has 50 heavy (non-hydrogen) atoms. The van der Waals surface area contributed by atoms with Crippen LogP contribution in [0.3, 0.4) is 0 Å². The summed E-state index contributed by atoms with van der Waals surface area (Å²) in [7, 11) is -1.39. The van der Waals surface area contributed by atoms with Gasteiger partial charge in [0.2, 0.25) is 0 Å². The molecule has 0 bridgehead atoms. The van der Waals surface area contributed by atoms with Crippen LogP contribution in [0.2, 0.25) is 0 Å². The van der Waals surface area contributed by atoms with Crippen molar-refractivity contribution in [3.63, 3.8) is 0 Å². The number of anilines is 1. The molecule has 0 aliphatic heterocycles. The molecule has 4 aromatic carbocycles. The number of hydrogen-bond donors (Lipinski definition) is 1. The summed E-state index contributed by atoms with van der Waals surface area (Å²) >= 11 is 0. The van der Waals surface area contributed by atoms with Gasteiger partial charge in [-0.15, -0.1) is 0 Å². The van der Waals surface area contributed by atoms with E-state index in [4.69, 9.17) is 18.9 Å². The average Bonchev–Trinajstić information content (AvgIpc) is 3.07. The average molecular weight is 712 g/mol. The maximum atomic E-state index is 13.8.